The molecule has 15 heavy (non-hydrogen) atoms. The maximum Gasteiger partial charge on any atom is 0.324 e. The summed E-state index contributed by atoms with van der Waals surface area (Å²) in [5.41, 5.74) is 0. The number of rotatable bonds is 6. The van der Waals surface area contributed by atoms with Gasteiger partial charge in [0.05, 0.1) is 12.7 Å². The lowest BCUT2D eigenvalue weighted by Crippen LogP contribution is -2.12. The molecule has 86 valence electrons. The molecule has 2 unspecified atom stereocenters. The van der Waals surface area contributed by atoms with E-state index in [0.29, 0.717) is 13.0 Å². The Kier molecular flexibility index (Phi) is 4.89. The van der Waals surface area contributed by atoms with E-state index in [1.807, 2.05) is 6.92 Å². The molecule has 2 atom stereocenters. The normalized spacial score (nSPS) is 17.3. The fraction of sp³-hybridized carbons (Fsp3) is 0.625. The van der Waals surface area contributed by atoms with Gasteiger partial charge in [0, 0.05) is 18.8 Å². The lowest BCUT2D eigenvalue weighted by molar-refractivity contribution is 0.154. The van der Waals surface area contributed by atoms with Crippen LogP contribution < -0.4 is 0 Å². The summed E-state index contributed by atoms with van der Waals surface area (Å²) in [6.45, 7) is 0.853. The molecule has 0 saturated carbocycles. The first-order valence-electron chi connectivity index (χ1n) is 4.67. The first-order chi connectivity index (χ1) is 7.03. The van der Waals surface area contributed by atoms with E-state index in [9.17, 15) is 4.89 Å². The van der Waals surface area contributed by atoms with Crippen molar-refractivity contribution in [2.24, 2.45) is 0 Å². The highest BCUT2D eigenvalue weighted by Gasteiger charge is 2.19. The lowest BCUT2D eigenvalue weighted by Gasteiger charge is -2.19. The quantitative estimate of drug-likeness (QED) is 0.751. The molecule has 5 nitrogen and oxygen atoms in total. The van der Waals surface area contributed by atoms with Crippen LogP contribution in [0.2, 0.25) is 0 Å². The van der Waals surface area contributed by atoms with E-state index in [0.717, 1.165) is 5.82 Å². The fourth-order valence-corrected chi connectivity index (χ4v) is 2.81. The number of imidazole rings is 1. The molecule has 0 aliphatic heterocycles. The third kappa shape index (κ3) is 4.86. The Bertz CT molecular complexity index is 331. The van der Waals surface area contributed by atoms with Gasteiger partial charge in [-0.1, -0.05) is 0 Å². The van der Waals surface area contributed by atoms with Gasteiger partial charge in [-0.15, -0.1) is 0 Å². The Morgan fingerprint density at radius 1 is 1.73 bits per heavy atom. The van der Waals surface area contributed by atoms with Crippen molar-refractivity contribution in [3.05, 3.63) is 18.2 Å². The molecule has 0 radical (unpaired) electrons. The zero-order valence-corrected chi connectivity index (χ0v) is 10.4. The molecule has 0 spiro atoms. The molecule has 0 aliphatic rings. The van der Waals surface area contributed by atoms with E-state index < -0.39 is 6.72 Å². The zero-order valence-electron chi connectivity index (χ0n) is 8.71. The molecule has 1 heterocycles. The molecular weight excluding hydrogens is 235 g/mol. The summed E-state index contributed by atoms with van der Waals surface area (Å²) in [4.78, 5) is 16.6. The molecule has 1 aromatic rings. The van der Waals surface area contributed by atoms with Crippen LogP contribution in [0.25, 0.3) is 0 Å². The second kappa shape index (κ2) is 5.72. The predicted octanol–water partition coefficient (Wildman–Crippen LogP) is 1.61. The highest BCUT2D eigenvalue weighted by molar-refractivity contribution is 8.07. The van der Waals surface area contributed by atoms with Crippen molar-refractivity contribution in [1.29, 1.82) is 0 Å². The molecule has 1 rings (SSSR count). The zero-order chi connectivity index (χ0) is 11.3. The summed E-state index contributed by atoms with van der Waals surface area (Å²) in [5.74, 6) is 0.800. The van der Waals surface area contributed by atoms with Gasteiger partial charge < -0.3 is 18.9 Å². The van der Waals surface area contributed by atoms with E-state index in [1.54, 1.807) is 19.3 Å². The Labute approximate surface area is 94.1 Å². The third-order valence-corrected chi connectivity index (χ3v) is 3.43. The number of aromatic nitrogens is 2. The van der Waals surface area contributed by atoms with Gasteiger partial charge in [0.15, 0.2) is 0 Å². The number of hydrogen-bond acceptors (Lipinski definition) is 4. The van der Waals surface area contributed by atoms with Crippen LogP contribution in [0.15, 0.2) is 12.4 Å². The van der Waals surface area contributed by atoms with Crippen molar-refractivity contribution in [3.8, 4) is 0 Å². The monoisotopic (exact) mass is 250 g/mol. The molecule has 7 heteroatoms. The molecule has 0 fully saturated rings. The topological polar surface area (TPSA) is 67.4 Å². The average molecular weight is 250 g/mol. The van der Waals surface area contributed by atoms with Crippen molar-refractivity contribution in [3.63, 3.8) is 0 Å². The highest BCUT2D eigenvalue weighted by Crippen LogP contribution is 2.44. The highest BCUT2D eigenvalue weighted by atomic mass is 32.5. The summed E-state index contributed by atoms with van der Waals surface area (Å²) < 4.78 is 10.2. The molecule has 2 N–H and O–H groups in total. The minimum absolute atomic E-state index is 0.224. The standard InChI is InChI=1S/C8H15N2O3PS/c1-3-12-14(11,15)13-7(2)6-8-9-4-5-10-8/h4-5,7H,3,6H2,1-2H3,(H,9,10)(H,11,15). The van der Waals surface area contributed by atoms with Crippen LogP contribution in [0.4, 0.5) is 0 Å². The third-order valence-electron chi connectivity index (χ3n) is 1.64. The van der Waals surface area contributed by atoms with Crippen molar-refractivity contribution < 1.29 is 13.9 Å². The van der Waals surface area contributed by atoms with Crippen molar-refractivity contribution in [1.82, 2.24) is 9.97 Å². The maximum absolute atomic E-state index is 9.56. The molecular formula is C8H15N2O3PS. The van der Waals surface area contributed by atoms with Gasteiger partial charge in [0.1, 0.15) is 5.82 Å². The van der Waals surface area contributed by atoms with Crippen LogP contribution in [0.1, 0.15) is 19.7 Å². The first kappa shape index (κ1) is 12.8. The smallest absolute Gasteiger partial charge is 0.324 e. The van der Waals surface area contributed by atoms with E-state index in [4.69, 9.17) is 20.9 Å². The second-order valence-corrected chi connectivity index (χ2v) is 5.83. The van der Waals surface area contributed by atoms with E-state index >= 15 is 0 Å². The summed E-state index contributed by atoms with van der Waals surface area (Å²) in [6, 6.07) is 0. The molecule has 0 saturated heterocycles. The largest absolute Gasteiger partial charge is 0.349 e. The summed E-state index contributed by atoms with van der Waals surface area (Å²) in [7, 11) is 0. The van der Waals surface area contributed by atoms with Gasteiger partial charge in [-0.3, -0.25) is 0 Å². The van der Waals surface area contributed by atoms with Crippen LogP contribution in [-0.2, 0) is 27.3 Å². The summed E-state index contributed by atoms with van der Waals surface area (Å²) in [6.07, 6.45) is 3.75. The molecule has 1 aromatic heterocycles. The Hall–Kier alpha value is -0.260. The lowest BCUT2D eigenvalue weighted by atomic mass is 10.3. The average Bonchev–Trinajstić information content (AvgIpc) is 2.54. The molecule has 0 aromatic carbocycles. The van der Waals surface area contributed by atoms with Gasteiger partial charge in [-0.2, -0.15) is 0 Å². The number of hydrogen-bond donors (Lipinski definition) is 2. The maximum atomic E-state index is 9.56. The SMILES string of the molecule is CCOP(O)(=S)OC(C)Cc1ncc[nH]1. The minimum Gasteiger partial charge on any atom is -0.349 e. The summed E-state index contributed by atoms with van der Waals surface area (Å²) >= 11 is 4.81. The van der Waals surface area contributed by atoms with Gasteiger partial charge >= 0.3 is 6.72 Å². The first-order valence-corrected chi connectivity index (χ1v) is 7.26. The van der Waals surface area contributed by atoms with Crippen molar-refractivity contribution in [2.45, 2.75) is 26.4 Å². The van der Waals surface area contributed by atoms with Gasteiger partial charge in [-0.05, 0) is 25.7 Å². The number of aromatic amines is 1. The number of nitrogens with one attached hydrogen (secondary N) is 1. The number of nitrogens with zero attached hydrogens (tertiary/aromatic N) is 1. The number of H-pyrrole nitrogens is 1. The van der Waals surface area contributed by atoms with Crippen molar-refractivity contribution >= 4 is 18.5 Å². The van der Waals surface area contributed by atoms with Crippen LogP contribution in [0.5, 0.6) is 0 Å². The van der Waals surface area contributed by atoms with Crippen LogP contribution >= 0.6 is 6.72 Å². The molecule has 0 bridgehead atoms. The molecule has 0 aliphatic carbocycles. The van der Waals surface area contributed by atoms with E-state index in [1.165, 1.54) is 0 Å². The fourth-order valence-electron chi connectivity index (χ4n) is 1.14. The Balaban J connectivity index is 2.42. The van der Waals surface area contributed by atoms with E-state index in [-0.39, 0.29) is 6.10 Å². The second-order valence-electron chi connectivity index (χ2n) is 3.04. The van der Waals surface area contributed by atoms with Gasteiger partial charge in [0.2, 0.25) is 0 Å². The van der Waals surface area contributed by atoms with Gasteiger partial charge in [0.25, 0.3) is 0 Å². The molecule has 0 amide bonds. The van der Waals surface area contributed by atoms with Crippen LogP contribution in [0.3, 0.4) is 0 Å². The van der Waals surface area contributed by atoms with E-state index in [2.05, 4.69) is 9.97 Å². The van der Waals surface area contributed by atoms with Crippen molar-refractivity contribution in [2.75, 3.05) is 6.61 Å². The minimum atomic E-state index is -3.08. The summed E-state index contributed by atoms with van der Waals surface area (Å²) in [5, 5.41) is 0. The predicted molar refractivity (Wildman–Crippen MR) is 61.0 cm³/mol. The van der Waals surface area contributed by atoms with Crippen LogP contribution in [0, 0.1) is 0 Å². The van der Waals surface area contributed by atoms with Gasteiger partial charge in [-0.25, -0.2) is 4.98 Å². The van der Waals surface area contributed by atoms with Crippen LogP contribution in [-0.4, -0.2) is 27.6 Å². The Morgan fingerprint density at radius 2 is 2.47 bits per heavy atom. The Morgan fingerprint density at radius 3 is 3.00 bits per heavy atom.